The van der Waals surface area contributed by atoms with Crippen LogP contribution in [0.2, 0.25) is 0 Å². The lowest BCUT2D eigenvalue weighted by Gasteiger charge is -2.28. The second-order valence-electron chi connectivity index (χ2n) is 16.1. The Hall–Kier alpha value is -6.74. The van der Waals surface area contributed by atoms with Gasteiger partial charge in [-0.2, -0.15) is 0 Å². The number of fused-ring (bicyclic) bond motifs is 1. The number of hydrogen-bond acceptors (Lipinski definition) is 11. The normalized spacial score (nSPS) is 14.0. The Labute approximate surface area is 371 Å². The number of guanidine groups is 1. The van der Waals surface area contributed by atoms with E-state index in [2.05, 4.69) is 36.6 Å². The molecule has 0 saturated carbocycles. The lowest BCUT2D eigenvalue weighted by atomic mass is 9.99. The molecular formula is C43H64N12O9. The average Bonchev–Trinajstić information content (AvgIpc) is 3.65. The summed E-state index contributed by atoms with van der Waals surface area (Å²) in [5, 5.41) is 33.8. The van der Waals surface area contributed by atoms with Gasteiger partial charge in [-0.15, -0.1) is 0 Å². The molecule has 3 rings (SSSR count). The number of carbonyl (C=O) groups excluding carboxylic acids is 6. The molecule has 0 aliphatic rings. The van der Waals surface area contributed by atoms with Gasteiger partial charge in [-0.05, 0) is 80.3 Å². The Bertz CT molecular complexity index is 2070. The van der Waals surface area contributed by atoms with E-state index in [0.717, 1.165) is 10.9 Å². The fourth-order valence-electron chi connectivity index (χ4n) is 6.83. The second-order valence-corrected chi connectivity index (χ2v) is 16.1. The van der Waals surface area contributed by atoms with Crippen LogP contribution in [0.4, 0.5) is 0 Å². The van der Waals surface area contributed by atoms with Gasteiger partial charge in [0, 0.05) is 42.9 Å². The van der Waals surface area contributed by atoms with E-state index in [1.165, 1.54) is 24.3 Å². The Morgan fingerprint density at radius 1 is 0.688 bits per heavy atom. The zero-order chi connectivity index (χ0) is 47.3. The number of phenols is 1. The third-order valence-corrected chi connectivity index (χ3v) is 10.3. The number of para-hydroxylation sites is 1. The van der Waals surface area contributed by atoms with E-state index in [4.69, 9.17) is 28.7 Å². The molecule has 64 heavy (non-hydrogen) atoms. The molecule has 21 heteroatoms. The third kappa shape index (κ3) is 17.6. The molecule has 0 fully saturated rings. The number of carboxylic acids is 1. The number of aromatic hydroxyl groups is 1. The van der Waals surface area contributed by atoms with Crippen LogP contribution in [-0.2, 0) is 46.4 Å². The molecule has 3 aromatic rings. The van der Waals surface area contributed by atoms with Crippen LogP contribution in [0.5, 0.6) is 5.75 Å². The average molecular weight is 893 g/mol. The summed E-state index contributed by atoms with van der Waals surface area (Å²) in [4.78, 5) is 101. The molecule has 18 N–H and O–H groups in total. The number of unbranched alkanes of at least 4 members (excludes halogenated alkanes) is 1. The monoisotopic (exact) mass is 892 g/mol. The van der Waals surface area contributed by atoms with Gasteiger partial charge in [0.05, 0.1) is 6.04 Å². The predicted octanol–water partition coefficient (Wildman–Crippen LogP) is -1.01. The number of phenolic OH excluding ortho intramolecular Hbond substituents is 1. The van der Waals surface area contributed by atoms with Crippen LogP contribution in [-0.4, -0.2) is 112 Å². The summed E-state index contributed by atoms with van der Waals surface area (Å²) in [7, 11) is 0. The van der Waals surface area contributed by atoms with E-state index in [0.29, 0.717) is 30.5 Å². The molecule has 1 heterocycles. The van der Waals surface area contributed by atoms with E-state index >= 15 is 0 Å². The van der Waals surface area contributed by atoms with Crippen LogP contribution in [0.3, 0.4) is 0 Å². The van der Waals surface area contributed by atoms with Gasteiger partial charge in [0.25, 0.3) is 0 Å². The fourth-order valence-corrected chi connectivity index (χ4v) is 6.83. The summed E-state index contributed by atoms with van der Waals surface area (Å²) < 4.78 is 0. The first-order chi connectivity index (χ1) is 30.4. The van der Waals surface area contributed by atoms with Crippen LogP contribution < -0.4 is 55.3 Å². The van der Waals surface area contributed by atoms with E-state index in [1.54, 1.807) is 26.1 Å². The summed E-state index contributed by atoms with van der Waals surface area (Å²) in [6, 6.07) is 5.43. The number of nitrogens with zero attached hydrogens (tertiary/aromatic N) is 1. The van der Waals surface area contributed by atoms with Gasteiger partial charge in [0.15, 0.2) is 5.96 Å². The topological polar surface area (TPSA) is 378 Å². The number of aliphatic imine (C=N–C) groups is 1. The number of aromatic amines is 1. The number of benzene rings is 2. The number of carbonyl (C=O) groups is 7. The van der Waals surface area contributed by atoms with Gasteiger partial charge >= 0.3 is 5.97 Å². The highest BCUT2D eigenvalue weighted by Gasteiger charge is 2.34. The molecule has 0 unspecified atom stereocenters. The van der Waals surface area contributed by atoms with Gasteiger partial charge in [-0.3, -0.25) is 33.8 Å². The summed E-state index contributed by atoms with van der Waals surface area (Å²) >= 11 is 0. The van der Waals surface area contributed by atoms with Gasteiger partial charge < -0.3 is 70.4 Å². The molecular weight excluding hydrogens is 829 g/mol. The molecule has 0 aliphatic carbocycles. The SMILES string of the molecule is CC(C)C[C@H](NC(=O)[C@H](Cc1ccc(O)cc1)NC(=O)[C@H](Cc1c[nH]c2ccccc12)NC(=O)[C@H](CCC(N)=O)NC(=O)[C@@H](N)CCCCN)C(=O)N[C@@H](CCCN=C(N)N)C(=O)O. The highest BCUT2D eigenvalue weighted by molar-refractivity contribution is 5.97. The van der Waals surface area contributed by atoms with Gasteiger partial charge in [0.1, 0.15) is 36.0 Å². The molecule has 6 amide bonds. The largest absolute Gasteiger partial charge is 0.508 e. The van der Waals surface area contributed by atoms with Gasteiger partial charge in [-0.1, -0.05) is 50.6 Å². The molecule has 0 bridgehead atoms. The standard InChI is InChI=1S/C43H64N12O9/c1-24(2)20-33(39(60)52-32(42(63)64)11-7-19-49-43(47)48)53-40(61)34(21-25-12-14-27(56)15-13-25)54-41(62)35(22-26-23-50-30-10-4-3-8-28(26)30)55-38(59)31(16-17-36(46)57)51-37(58)29(45)9-5-6-18-44/h3-4,8,10,12-15,23-24,29,31-35,50,56H,5-7,9,11,16-22,44-45H2,1-2H3,(H2,46,57)(H,51,58)(H,52,60)(H,53,61)(H,54,62)(H,55,59)(H,63,64)(H4,47,48,49)/t29-,31-,32-,33-,34-,35-/m0/s1. The van der Waals surface area contributed by atoms with Crippen molar-refractivity contribution in [1.82, 2.24) is 31.6 Å². The zero-order valence-electron chi connectivity index (χ0n) is 36.3. The number of rotatable bonds is 28. The number of aromatic nitrogens is 1. The second kappa shape index (κ2) is 26.0. The maximum absolute atomic E-state index is 14.5. The van der Waals surface area contributed by atoms with Crippen LogP contribution in [0.15, 0.2) is 59.7 Å². The lowest BCUT2D eigenvalue weighted by molar-refractivity contribution is -0.142. The zero-order valence-corrected chi connectivity index (χ0v) is 36.3. The summed E-state index contributed by atoms with van der Waals surface area (Å²) in [5.74, 6) is -6.33. The highest BCUT2D eigenvalue weighted by atomic mass is 16.4. The van der Waals surface area contributed by atoms with Crippen LogP contribution in [0, 0.1) is 5.92 Å². The van der Waals surface area contributed by atoms with E-state index < -0.39 is 77.7 Å². The van der Waals surface area contributed by atoms with E-state index in [9.17, 15) is 43.8 Å². The summed E-state index contributed by atoms with van der Waals surface area (Å²) in [6.07, 6.45) is 2.68. The van der Waals surface area contributed by atoms with E-state index in [-0.39, 0.29) is 75.5 Å². The number of nitrogens with one attached hydrogen (secondary N) is 6. The van der Waals surface area contributed by atoms with Crippen molar-refractivity contribution in [2.24, 2.45) is 39.6 Å². The number of primary amides is 1. The molecule has 1 aromatic heterocycles. The minimum atomic E-state index is -1.39. The summed E-state index contributed by atoms with van der Waals surface area (Å²) in [5.41, 5.74) is 29.7. The van der Waals surface area contributed by atoms with Gasteiger partial charge in [-0.25, -0.2) is 4.79 Å². The van der Waals surface area contributed by atoms with Crippen LogP contribution >= 0.6 is 0 Å². The first kappa shape index (κ1) is 51.6. The van der Waals surface area contributed by atoms with E-state index in [1.807, 2.05) is 18.2 Å². The Kier molecular flexibility index (Phi) is 21.0. The highest BCUT2D eigenvalue weighted by Crippen LogP contribution is 2.20. The first-order valence-corrected chi connectivity index (χ1v) is 21.2. The maximum Gasteiger partial charge on any atom is 0.326 e. The van der Waals surface area contributed by atoms with Crippen molar-refractivity contribution in [3.05, 3.63) is 65.9 Å². The molecule has 2 aromatic carbocycles. The number of amides is 6. The van der Waals surface area contributed by atoms with Crippen LogP contribution in [0.25, 0.3) is 10.9 Å². The minimum Gasteiger partial charge on any atom is -0.508 e. The van der Waals surface area contributed by atoms with Gasteiger partial charge in [0.2, 0.25) is 35.4 Å². The van der Waals surface area contributed by atoms with Crippen LogP contribution in [0.1, 0.15) is 76.3 Å². The van der Waals surface area contributed by atoms with Crippen molar-refractivity contribution in [2.45, 2.75) is 114 Å². The number of hydrogen-bond donors (Lipinski definition) is 13. The van der Waals surface area contributed by atoms with Crippen molar-refractivity contribution in [3.8, 4) is 5.75 Å². The molecule has 0 radical (unpaired) electrons. The molecule has 0 aliphatic heterocycles. The van der Waals surface area contributed by atoms with Crippen molar-refractivity contribution in [2.75, 3.05) is 13.1 Å². The Balaban J connectivity index is 1.98. The number of carboxylic acid groups (broad SMARTS) is 1. The quantitative estimate of drug-likeness (QED) is 0.0236. The smallest absolute Gasteiger partial charge is 0.326 e. The number of H-pyrrole nitrogens is 1. The first-order valence-electron chi connectivity index (χ1n) is 21.2. The Morgan fingerprint density at radius 3 is 1.88 bits per heavy atom. The number of aliphatic carboxylic acids is 1. The van der Waals surface area contributed by atoms with Crippen molar-refractivity contribution >= 4 is 58.3 Å². The minimum absolute atomic E-state index is 0.0159. The van der Waals surface area contributed by atoms with Crippen molar-refractivity contribution < 1.29 is 43.8 Å². The third-order valence-electron chi connectivity index (χ3n) is 10.3. The van der Waals surface area contributed by atoms with Crippen molar-refractivity contribution in [3.63, 3.8) is 0 Å². The fraction of sp³-hybridized carbons (Fsp3) is 0.488. The molecule has 0 spiro atoms. The molecule has 0 saturated heterocycles. The lowest BCUT2D eigenvalue weighted by Crippen LogP contribution is -2.60. The maximum atomic E-state index is 14.5. The molecule has 21 nitrogen and oxygen atoms in total. The number of nitrogens with two attached hydrogens (primary N) is 5. The molecule has 350 valence electrons. The summed E-state index contributed by atoms with van der Waals surface area (Å²) in [6.45, 7) is 4.14. The Morgan fingerprint density at radius 2 is 1.27 bits per heavy atom. The molecule has 6 atom stereocenters. The van der Waals surface area contributed by atoms with Crippen molar-refractivity contribution in [1.29, 1.82) is 0 Å². The predicted molar refractivity (Wildman–Crippen MR) is 240 cm³/mol.